The van der Waals surface area contributed by atoms with E-state index < -0.39 is 5.60 Å². The average molecular weight is 457 g/mol. The maximum Gasteiger partial charge on any atom is 0.194 e. The highest BCUT2D eigenvalue weighted by molar-refractivity contribution is 14.0. The second kappa shape index (κ2) is 9.76. The number of halogens is 1. The molecule has 0 radical (unpaired) electrons. The minimum absolute atomic E-state index is 0. The minimum Gasteiger partial charge on any atom is -0.388 e. The summed E-state index contributed by atoms with van der Waals surface area (Å²) in [6, 6.07) is 10.8. The fourth-order valence-corrected chi connectivity index (χ4v) is 3.97. The molecule has 1 saturated heterocycles. The summed E-state index contributed by atoms with van der Waals surface area (Å²) in [4.78, 5) is 7.15. The second-order valence-electron chi connectivity index (χ2n) is 7.30. The molecule has 0 amide bonds. The van der Waals surface area contributed by atoms with Crippen LogP contribution in [0.15, 0.2) is 35.3 Å². The zero-order valence-corrected chi connectivity index (χ0v) is 17.6. The molecule has 2 fully saturated rings. The molecule has 0 spiro atoms. The van der Waals surface area contributed by atoms with Crippen molar-refractivity contribution in [1.82, 2.24) is 10.2 Å². The van der Waals surface area contributed by atoms with E-state index in [9.17, 15) is 5.11 Å². The van der Waals surface area contributed by atoms with Crippen molar-refractivity contribution in [3.63, 3.8) is 0 Å². The van der Waals surface area contributed by atoms with Gasteiger partial charge in [-0.3, -0.25) is 4.99 Å². The van der Waals surface area contributed by atoms with E-state index in [2.05, 4.69) is 47.5 Å². The van der Waals surface area contributed by atoms with Crippen LogP contribution in [0.25, 0.3) is 0 Å². The third-order valence-electron chi connectivity index (χ3n) is 5.40. The van der Waals surface area contributed by atoms with E-state index in [-0.39, 0.29) is 24.0 Å². The van der Waals surface area contributed by atoms with Gasteiger partial charge < -0.3 is 15.3 Å². The summed E-state index contributed by atoms with van der Waals surface area (Å²) in [6.45, 7) is 5.54. The van der Waals surface area contributed by atoms with E-state index in [0.717, 1.165) is 51.3 Å². The molecule has 25 heavy (non-hydrogen) atoms. The summed E-state index contributed by atoms with van der Waals surface area (Å²) in [7, 11) is 0. The molecule has 0 bridgehead atoms. The fourth-order valence-electron chi connectivity index (χ4n) is 3.97. The summed E-state index contributed by atoms with van der Waals surface area (Å²) in [5.74, 6) is 1.54. The average Bonchev–Trinajstić information content (AvgIpc) is 3.10. The number of hydrogen-bond donors (Lipinski definition) is 2. The Balaban J connectivity index is 0.00000225. The predicted molar refractivity (Wildman–Crippen MR) is 115 cm³/mol. The van der Waals surface area contributed by atoms with Gasteiger partial charge in [0.2, 0.25) is 0 Å². The first-order chi connectivity index (χ1) is 11.7. The van der Waals surface area contributed by atoms with Crippen LogP contribution in [0.3, 0.4) is 0 Å². The summed E-state index contributed by atoms with van der Waals surface area (Å²) in [5.41, 5.74) is 0.832. The summed E-state index contributed by atoms with van der Waals surface area (Å²) >= 11 is 0. The first-order valence-corrected chi connectivity index (χ1v) is 9.51. The maximum absolute atomic E-state index is 10.7. The zero-order chi connectivity index (χ0) is 16.8. The second-order valence-corrected chi connectivity index (χ2v) is 7.30. The van der Waals surface area contributed by atoms with Gasteiger partial charge in [-0.1, -0.05) is 49.6 Å². The van der Waals surface area contributed by atoms with Gasteiger partial charge >= 0.3 is 0 Å². The van der Waals surface area contributed by atoms with Gasteiger partial charge in [0.05, 0.1) is 12.1 Å². The Morgan fingerprint density at radius 2 is 1.96 bits per heavy atom. The molecule has 1 unspecified atom stereocenters. The topological polar surface area (TPSA) is 47.9 Å². The van der Waals surface area contributed by atoms with Gasteiger partial charge in [0, 0.05) is 25.6 Å². The van der Waals surface area contributed by atoms with Crippen LogP contribution in [-0.2, 0) is 0 Å². The Bertz CT molecular complexity index is 543. The lowest BCUT2D eigenvalue weighted by molar-refractivity contribution is 0.0130. The Hall–Kier alpha value is -0.820. The van der Waals surface area contributed by atoms with Crippen molar-refractivity contribution in [2.24, 2.45) is 4.99 Å². The maximum atomic E-state index is 10.7. The molecule has 1 aliphatic heterocycles. The first-order valence-electron chi connectivity index (χ1n) is 9.51. The van der Waals surface area contributed by atoms with Crippen molar-refractivity contribution in [1.29, 1.82) is 0 Å². The van der Waals surface area contributed by atoms with Crippen molar-refractivity contribution in [2.45, 2.75) is 57.0 Å². The Kier molecular flexibility index (Phi) is 8.00. The number of nitrogens with one attached hydrogen (secondary N) is 1. The first kappa shape index (κ1) is 20.5. The molecule has 0 aromatic heterocycles. The van der Waals surface area contributed by atoms with Crippen LogP contribution in [0.4, 0.5) is 0 Å². The molecular weight excluding hydrogens is 425 g/mol. The summed E-state index contributed by atoms with van der Waals surface area (Å²) in [5, 5.41) is 14.1. The van der Waals surface area contributed by atoms with E-state index in [4.69, 9.17) is 4.99 Å². The summed E-state index contributed by atoms with van der Waals surface area (Å²) in [6.07, 6.45) is 6.45. The minimum atomic E-state index is -0.586. The van der Waals surface area contributed by atoms with Gasteiger partial charge in [-0.15, -0.1) is 24.0 Å². The highest BCUT2D eigenvalue weighted by Crippen LogP contribution is 2.29. The van der Waals surface area contributed by atoms with E-state index in [1.54, 1.807) is 0 Å². The Morgan fingerprint density at radius 3 is 2.64 bits per heavy atom. The molecule has 1 heterocycles. The smallest absolute Gasteiger partial charge is 0.194 e. The monoisotopic (exact) mass is 457 g/mol. The van der Waals surface area contributed by atoms with Gasteiger partial charge in [0.1, 0.15) is 0 Å². The molecule has 1 aromatic carbocycles. The van der Waals surface area contributed by atoms with Crippen LogP contribution >= 0.6 is 24.0 Å². The van der Waals surface area contributed by atoms with E-state index in [1.807, 2.05) is 0 Å². The van der Waals surface area contributed by atoms with Gasteiger partial charge in [0.25, 0.3) is 0 Å². The van der Waals surface area contributed by atoms with Gasteiger partial charge in [-0.2, -0.15) is 0 Å². The number of rotatable bonds is 4. The molecule has 1 atom stereocenters. The van der Waals surface area contributed by atoms with E-state index in [0.29, 0.717) is 12.5 Å². The van der Waals surface area contributed by atoms with Crippen LogP contribution in [0.1, 0.15) is 56.9 Å². The lowest BCUT2D eigenvalue weighted by atomic mass is 9.85. The highest BCUT2D eigenvalue weighted by Gasteiger charge is 2.30. The van der Waals surface area contributed by atoms with Crippen molar-refractivity contribution in [2.75, 3.05) is 26.2 Å². The molecule has 140 valence electrons. The lowest BCUT2D eigenvalue weighted by Gasteiger charge is -2.31. The van der Waals surface area contributed by atoms with Crippen molar-refractivity contribution in [3.8, 4) is 0 Å². The number of nitrogens with zero attached hydrogens (tertiary/aromatic N) is 2. The zero-order valence-electron chi connectivity index (χ0n) is 15.3. The van der Waals surface area contributed by atoms with Crippen molar-refractivity contribution >= 4 is 29.9 Å². The van der Waals surface area contributed by atoms with Crippen LogP contribution in [0.2, 0.25) is 0 Å². The van der Waals surface area contributed by atoms with Crippen LogP contribution < -0.4 is 5.32 Å². The number of aliphatic imine (C=N–C) groups is 1. The predicted octanol–water partition coefficient (Wildman–Crippen LogP) is 3.75. The number of likely N-dealkylation sites (tertiary alicyclic amines) is 1. The van der Waals surface area contributed by atoms with Gasteiger partial charge in [-0.05, 0) is 31.7 Å². The van der Waals surface area contributed by atoms with Crippen LogP contribution in [0, 0.1) is 0 Å². The molecule has 1 aliphatic carbocycles. The molecule has 4 nitrogen and oxygen atoms in total. The van der Waals surface area contributed by atoms with Crippen LogP contribution in [0.5, 0.6) is 0 Å². The normalized spacial score (nSPS) is 23.2. The van der Waals surface area contributed by atoms with Crippen molar-refractivity contribution in [3.05, 3.63) is 35.9 Å². The third kappa shape index (κ3) is 5.58. The Morgan fingerprint density at radius 1 is 1.24 bits per heavy atom. The SMILES string of the molecule is CCNC(=NCC1(O)CCCCC1)N1CCC(c2ccccc2)C1.I. The third-order valence-corrected chi connectivity index (χ3v) is 5.40. The largest absolute Gasteiger partial charge is 0.388 e. The molecule has 5 heteroatoms. The standard InChI is InChI=1S/C20H31N3O.HI/c1-2-21-19(22-16-20(24)12-7-4-8-13-20)23-14-11-18(15-23)17-9-5-3-6-10-17;/h3,5-6,9-10,18,24H,2,4,7-8,11-16H2,1H3,(H,21,22);1H. The molecule has 2 aliphatic rings. The molecule has 1 saturated carbocycles. The molecule has 3 rings (SSSR count). The van der Waals surface area contributed by atoms with E-state index in [1.165, 1.54) is 18.4 Å². The summed E-state index contributed by atoms with van der Waals surface area (Å²) < 4.78 is 0. The van der Waals surface area contributed by atoms with Gasteiger partial charge in [0.15, 0.2) is 5.96 Å². The number of aliphatic hydroxyl groups is 1. The van der Waals surface area contributed by atoms with Gasteiger partial charge in [-0.25, -0.2) is 0 Å². The van der Waals surface area contributed by atoms with Crippen molar-refractivity contribution < 1.29 is 5.11 Å². The molecule has 2 N–H and O–H groups in total. The number of benzene rings is 1. The van der Waals surface area contributed by atoms with E-state index >= 15 is 0 Å². The quantitative estimate of drug-likeness (QED) is 0.411. The molecular formula is C20H32IN3O. The van der Waals surface area contributed by atoms with Crippen LogP contribution in [-0.4, -0.2) is 47.7 Å². The number of guanidine groups is 1. The molecule has 1 aromatic rings. The highest BCUT2D eigenvalue weighted by atomic mass is 127. The number of hydrogen-bond acceptors (Lipinski definition) is 2. The lowest BCUT2D eigenvalue weighted by Crippen LogP contribution is -2.42. The Labute approximate surface area is 169 Å². The fraction of sp³-hybridized carbons (Fsp3) is 0.650.